The Morgan fingerprint density at radius 3 is 2.50 bits per heavy atom. The van der Waals surface area contributed by atoms with Crippen molar-refractivity contribution in [1.82, 2.24) is 0 Å². The predicted octanol–water partition coefficient (Wildman–Crippen LogP) is 5.84. The quantitative estimate of drug-likeness (QED) is 0.214. The van der Waals surface area contributed by atoms with Crippen molar-refractivity contribution in [2.75, 3.05) is 17.3 Å². The van der Waals surface area contributed by atoms with Crippen LogP contribution in [-0.2, 0) is 11.0 Å². The molecule has 0 aliphatic heterocycles. The SMILES string of the molecule is O=C(COc1ccc(/C=N\Nc2ccc(C(F)(F)F)cc2[N+](=O)[O-])cc1Br)Nc1ccccc1. The van der Waals surface area contributed by atoms with Gasteiger partial charge in [0.1, 0.15) is 11.4 Å². The van der Waals surface area contributed by atoms with Crippen molar-refractivity contribution in [2.24, 2.45) is 5.10 Å². The van der Waals surface area contributed by atoms with Crippen LogP contribution in [0.1, 0.15) is 11.1 Å². The molecule has 0 aliphatic rings. The first-order valence-electron chi connectivity index (χ1n) is 9.55. The molecule has 3 aromatic rings. The zero-order chi connectivity index (χ0) is 24.7. The number of carbonyl (C=O) groups excluding carboxylic acids is 1. The van der Waals surface area contributed by atoms with E-state index < -0.39 is 22.4 Å². The summed E-state index contributed by atoms with van der Waals surface area (Å²) in [5.74, 6) is 0.0535. The van der Waals surface area contributed by atoms with Crippen molar-refractivity contribution in [1.29, 1.82) is 0 Å². The molecule has 0 aromatic heterocycles. The summed E-state index contributed by atoms with van der Waals surface area (Å²) in [5, 5.41) is 17.7. The first kappa shape index (κ1) is 24.7. The maximum atomic E-state index is 12.8. The number of alkyl halides is 3. The fourth-order valence-corrected chi connectivity index (χ4v) is 3.22. The molecule has 12 heteroatoms. The smallest absolute Gasteiger partial charge is 0.416 e. The van der Waals surface area contributed by atoms with E-state index in [9.17, 15) is 28.1 Å². The number of hydrazone groups is 1. The molecule has 0 unspecified atom stereocenters. The van der Waals surface area contributed by atoms with Gasteiger partial charge in [0.2, 0.25) is 0 Å². The highest BCUT2D eigenvalue weighted by molar-refractivity contribution is 9.10. The number of hydrogen-bond donors (Lipinski definition) is 2. The molecule has 3 aromatic carbocycles. The lowest BCUT2D eigenvalue weighted by atomic mass is 10.1. The number of nitrogens with zero attached hydrogens (tertiary/aromatic N) is 2. The van der Waals surface area contributed by atoms with E-state index in [1.54, 1.807) is 42.5 Å². The molecule has 0 spiro atoms. The lowest BCUT2D eigenvalue weighted by Gasteiger charge is -2.09. The number of halogens is 4. The summed E-state index contributed by atoms with van der Waals surface area (Å²) in [5.41, 5.74) is 1.48. The average Bonchev–Trinajstić information content (AvgIpc) is 2.78. The van der Waals surface area contributed by atoms with Gasteiger partial charge in [0.25, 0.3) is 11.6 Å². The number of carbonyl (C=O) groups is 1. The third-order valence-corrected chi connectivity index (χ3v) is 4.91. The van der Waals surface area contributed by atoms with E-state index in [2.05, 4.69) is 31.8 Å². The lowest BCUT2D eigenvalue weighted by Crippen LogP contribution is -2.20. The highest BCUT2D eigenvalue weighted by Gasteiger charge is 2.33. The fraction of sp³-hybridized carbons (Fsp3) is 0.0909. The largest absolute Gasteiger partial charge is 0.483 e. The Morgan fingerprint density at radius 2 is 1.85 bits per heavy atom. The monoisotopic (exact) mass is 536 g/mol. The zero-order valence-electron chi connectivity index (χ0n) is 17.2. The van der Waals surface area contributed by atoms with E-state index in [-0.39, 0.29) is 18.2 Å². The van der Waals surface area contributed by atoms with Gasteiger partial charge in [-0.3, -0.25) is 20.3 Å². The normalized spacial score (nSPS) is 11.3. The maximum Gasteiger partial charge on any atom is 0.416 e. The summed E-state index contributed by atoms with van der Waals surface area (Å²) >= 11 is 3.32. The van der Waals surface area contributed by atoms with Crippen LogP contribution in [-0.4, -0.2) is 23.7 Å². The van der Waals surface area contributed by atoms with Crippen molar-refractivity contribution in [3.63, 3.8) is 0 Å². The van der Waals surface area contributed by atoms with Crippen LogP contribution in [0.15, 0.2) is 76.3 Å². The summed E-state index contributed by atoms with van der Waals surface area (Å²) in [4.78, 5) is 22.2. The summed E-state index contributed by atoms with van der Waals surface area (Å²) in [7, 11) is 0. The standard InChI is InChI=1S/C22H16BrF3N4O4/c23-17-10-14(6-9-20(17)34-13-21(31)28-16-4-2-1-3-5-16)12-27-29-18-8-7-15(22(24,25)26)11-19(18)30(32)33/h1-12,29H,13H2,(H,28,31)/b27-12-. The molecule has 0 fully saturated rings. The van der Waals surface area contributed by atoms with Gasteiger partial charge < -0.3 is 10.1 Å². The molecule has 0 saturated carbocycles. The number of hydrogen-bond acceptors (Lipinski definition) is 6. The first-order chi connectivity index (χ1) is 16.1. The molecular formula is C22H16BrF3N4O4. The lowest BCUT2D eigenvalue weighted by molar-refractivity contribution is -0.384. The van der Waals surface area contributed by atoms with Gasteiger partial charge in [0.05, 0.1) is 21.2 Å². The van der Waals surface area contributed by atoms with Crippen molar-refractivity contribution >= 4 is 45.1 Å². The van der Waals surface area contributed by atoms with Gasteiger partial charge in [0, 0.05) is 11.8 Å². The van der Waals surface area contributed by atoms with Crippen LogP contribution < -0.4 is 15.5 Å². The molecule has 8 nitrogen and oxygen atoms in total. The maximum absolute atomic E-state index is 12.8. The highest BCUT2D eigenvalue weighted by Crippen LogP contribution is 2.35. The number of benzene rings is 3. The van der Waals surface area contributed by atoms with Crippen LogP contribution >= 0.6 is 15.9 Å². The van der Waals surface area contributed by atoms with Gasteiger partial charge in [-0.25, -0.2) is 0 Å². The van der Waals surface area contributed by atoms with Gasteiger partial charge in [-0.05, 0) is 64.0 Å². The number of nitro benzene ring substituents is 1. The van der Waals surface area contributed by atoms with E-state index in [1.807, 2.05) is 6.07 Å². The molecule has 0 heterocycles. The Morgan fingerprint density at radius 1 is 1.12 bits per heavy atom. The van der Waals surface area contributed by atoms with Gasteiger partial charge in [-0.2, -0.15) is 18.3 Å². The van der Waals surface area contributed by atoms with Crippen LogP contribution in [0.3, 0.4) is 0 Å². The van der Waals surface area contributed by atoms with E-state index in [0.717, 1.165) is 12.1 Å². The molecule has 1 amide bonds. The third kappa shape index (κ3) is 6.78. The second kappa shape index (κ2) is 10.8. The molecular weight excluding hydrogens is 521 g/mol. The number of nitro groups is 1. The Hall–Kier alpha value is -3.93. The fourth-order valence-electron chi connectivity index (χ4n) is 2.71. The Kier molecular flexibility index (Phi) is 7.84. The Bertz CT molecular complexity index is 1220. The molecule has 0 aliphatic carbocycles. The topological polar surface area (TPSA) is 106 Å². The van der Waals surface area contributed by atoms with E-state index in [0.29, 0.717) is 27.5 Å². The van der Waals surface area contributed by atoms with Crippen molar-refractivity contribution < 1.29 is 27.6 Å². The van der Waals surface area contributed by atoms with Crippen molar-refractivity contribution in [3.05, 3.63) is 92.4 Å². The minimum absolute atomic E-state index is 0.197. The van der Waals surface area contributed by atoms with Crippen LogP contribution in [0.25, 0.3) is 0 Å². The molecule has 3 rings (SSSR count). The number of rotatable bonds is 8. The molecule has 0 radical (unpaired) electrons. The number of nitrogens with one attached hydrogen (secondary N) is 2. The Balaban J connectivity index is 1.61. The van der Waals surface area contributed by atoms with Crippen LogP contribution in [0.2, 0.25) is 0 Å². The number of amides is 1. The number of para-hydroxylation sites is 1. The van der Waals surface area contributed by atoms with Crippen LogP contribution in [0, 0.1) is 10.1 Å². The average molecular weight is 537 g/mol. The van der Waals surface area contributed by atoms with Crippen molar-refractivity contribution in [3.8, 4) is 5.75 Å². The van der Waals surface area contributed by atoms with Gasteiger partial charge in [0.15, 0.2) is 6.61 Å². The molecule has 176 valence electrons. The minimum Gasteiger partial charge on any atom is -0.483 e. The molecule has 34 heavy (non-hydrogen) atoms. The van der Waals surface area contributed by atoms with Gasteiger partial charge in [-0.15, -0.1) is 0 Å². The number of ether oxygens (including phenoxy) is 1. The molecule has 0 atom stereocenters. The summed E-state index contributed by atoms with van der Waals surface area (Å²) in [6.07, 6.45) is -3.39. The second-order valence-electron chi connectivity index (χ2n) is 6.75. The van der Waals surface area contributed by atoms with Crippen molar-refractivity contribution in [2.45, 2.75) is 6.18 Å². The summed E-state index contributed by atoms with van der Waals surface area (Å²) in [6.45, 7) is -0.222. The van der Waals surface area contributed by atoms with Crippen LogP contribution in [0.4, 0.5) is 30.2 Å². The zero-order valence-corrected chi connectivity index (χ0v) is 18.8. The second-order valence-corrected chi connectivity index (χ2v) is 7.60. The van der Waals surface area contributed by atoms with E-state index in [1.165, 1.54) is 6.21 Å². The number of anilines is 2. The van der Waals surface area contributed by atoms with E-state index in [4.69, 9.17) is 4.74 Å². The summed E-state index contributed by atoms with van der Waals surface area (Å²) in [6, 6.07) is 15.8. The third-order valence-electron chi connectivity index (χ3n) is 4.29. The minimum atomic E-state index is -4.70. The first-order valence-corrected chi connectivity index (χ1v) is 10.3. The van der Waals surface area contributed by atoms with Crippen LogP contribution in [0.5, 0.6) is 5.75 Å². The van der Waals surface area contributed by atoms with Gasteiger partial charge in [-0.1, -0.05) is 18.2 Å². The molecule has 0 saturated heterocycles. The predicted molar refractivity (Wildman–Crippen MR) is 124 cm³/mol. The summed E-state index contributed by atoms with van der Waals surface area (Å²) < 4.78 is 44.4. The molecule has 2 N–H and O–H groups in total. The van der Waals surface area contributed by atoms with Gasteiger partial charge >= 0.3 is 6.18 Å². The molecule has 0 bridgehead atoms. The Labute approximate surface area is 199 Å². The van der Waals surface area contributed by atoms with E-state index >= 15 is 0 Å². The highest BCUT2D eigenvalue weighted by atomic mass is 79.9.